The first-order valence-corrected chi connectivity index (χ1v) is 5.37. The molecule has 1 heterocycles. The molecule has 0 amide bonds. The van der Waals surface area contributed by atoms with Crippen LogP contribution in [0.3, 0.4) is 0 Å². The van der Waals surface area contributed by atoms with Crippen molar-refractivity contribution in [2.75, 3.05) is 7.11 Å². The molecule has 4 heteroatoms. The molecule has 0 bridgehead atoms. The zero-order valence-electron chi connectivity index (χ0n) is 8.60. The number of hydrogen-bond acceptors (Lipinski definition) is 4. The van der Waals surface area contributed by atoms with Gasteiger partial charge in [0.2, 0.25) is 5.88 Å². The Morgan fingerprint density at radius 2 is 2.14 bits per heavy atom. The maximum absolute atomic E-state index is 9.33. The van der Waals surface area contributed by atoms with Crippen molar-refractivity contribution in [3.8, 4) is 5.88 Å². The number of aromatic nitrogens is 1. The lowest BCUT2D eigenvalue weighted by Gasteiger charge is -2.13. The second-order valence-corrected chi connectivity index (χ2v) is 4.48. The van der Waals surface area contributed by atoms with Gasteiger partial charge in [-0.05, 0) is 13.0 Å². The fourth-order valence-electron chi connectivity index (χ4n) is 0.864. The third-order valence-corrected chi connectivity index (χ3v) is 3.13. The fraction of sp³-hybridized carbons (Fsp3) is 0.500. The van der Waals surface area contributed by atoms with E-state index in [1.54, 1.807) is 31.9 Å². The quantitative estimate of drug-likeness (QED) is 0.776. The highest BCUT2D eigenvalue weighted by Gasteiger charge is 2.11. The summed E-state index contributed by atoms with van der Waals surface area (Å²) in [5.41, 5.74) is 0. The molecule has 0 fully saturated rings. The van der Waals surface area contributed by atoms with Gasteiger partial charge in [-0.3, -0.25) is 0 Å². The Kier molecular flexibility index (Phi) is 4.22. The predicted molar refractivity (Wildman–Crippen MR) is 57.8 cm³/mol. The third-order valence-electron chi connectivity index (χ3n) is 1.89. The Morgan fingerprint density at radius 3 is 2.71 bits per heavy atom. The largest absolute Gasteiger partial charge is 0.481 e. The monoisotopic (exact) mass is 213 g/mol. The average Bonchev–Trinajstić information content (AvgIpc) is 2.18. The molecule has 0 aliphatic carbocycles. The number of thioether (sulfide) groups is 1. The number of hydrogen-bond donors (Lipinski definition) is 1. The lowest BCUT2D eigenvalue weighted by atomic mass is 10.3. The van der Waals surface area contributed by atoms with E-state index in [1.165, 1.54) is 0 Å². The van der Waals surface area contributed by atoms with Crippen LogP contribution < -0.4 is 4.74 Å². The molecule has 0 aromatic carbocycles. The van der Waals surface area contributed by atoms with Crippen molar-refractivity contribution in [2.45, 2.75) is 30.2 Å². The smallest absolute Gasteiger partial charge is 0.213 e. The highest BCUT2D eigenvalue weighted by molar-refractivity contribution is 7.99. The van der Waals surface area contributed by atoms with Gasteiger partial charge in [0.05, 0.1) is 13.2 Å². The first-order valence-electron chi connectivity index (χ1n) is 4.49. The van der Waals surface area contributed by atoms with Crippen LogP contribution in [0, 0.1) is 0 Å². The molecule has 0 radical (unpaired) electrons. The van der Waals surface area contributed by atoms with Crippen molar-refractivity contribution in [1.82, 2.24) is 4.98 Å². The van der Waals surface area contributed by atoms with E-state index in [-0.39, 0.29) is 11.4 Å². The molecule has 2 unspecified atom stereocenters. The molecule has 0 spiro atoms. The van der Waals surface area contributed by atoms with E-state index in [0.29, 0.717) is 5.88 Å². The van der Waals surface area contributed by atoms with E-state index >= 15 is 0 Å². The summed E-state index contributed by atoms with van der Waals surface area (Å²) < 4.78 is 5.01. The van der Waals surface area contributed by atoms with Crippen molar-refractivity contribution >= 4 is 11.8 Å². The molecular formula is C10H15NO2S. The van der Waals surface area contributed by atoms with E-state index in [2.05, 4.69) is 4.98 Å². The molecule has 0 aliphatic rings. The number of methoxy groups -OCH3 is 1. The molecule has 3 nitrogen and oxygen atoms in total. The second kappa shape index (κ2) is 5.22. The minimum Gasteiger partial charge on any atom is -0.481 e. The molecule has 1 aromatic rings. The number of aliphatic hydroxyl groups excluding tert-OH is 1. The number of aliphatic hydroxyl groups is 1. The molecule has 1 N–H and O–H groups in total. The van der Waals surface area contributed by atoms with Crippen LogP contribution in [0.2, 0.25) is 0 Å². The van der Waals surface area contributed by atoms with Gasteiger partial charge in [-0.1, -0.05) is 13.0 Å². The van der Waals surface area contributed by atoms with Gasteiger partial charge in [0.25, 0.3) is 0 Å². The van der Waals surface area contributed by atoms with Gasteiger partial charge in [-0.2, -0.15) is 0 Å². The van der Waals surface area contributed by atoms with Gasteiger partial charge < -0.3 is 9.84 Å². The Labute approximate surface area is 88.5 Å². The highest BCUT2D eigenvalue weighted by Crippen LogP contribution is 2.24. The average molecular weight is 213 g/mol. The Bertz CT molecular complexity index is 291. The molecule has 78 valence electrons. The van der Waals surface area contributed by atoms with Gasteiger partial charge in [-0.15, -0.1) is 11.8 Å². The van der Waals surface area contributed by atoms with Crippen LogP contribution in [0.1, 0.15) is 13.8 Å². The maximum Gasteiger partial charge on any atom is 0.213 e. The van der Waals surface area contributed by atoms with E-state index in [1.807, 2.05) is 19.1 Å². The Hall–Kier alpha value is -0.740. The third kappa shape index (κ3) is 3.20. The first-order chi connectivity index (χ1) is 6.63. The number of nitrogens with zero attached hydrogens (tertiary/aromatic N) is 1. The van der Waals surface area contributed by atoms with E-state index in [0.717, 1.165) is 5.03 Å². The SMILES string of the molecule is COc1cccc(SC(C)C(C)O)n1. The molecule has 1 rings (SSSR count). The van der Waals surface area contributed by atoms with Gasteiger partial charge in [0.15, 0.2) is 0 Å². The predicted octanol–water partition coefficient (Wildman–Crippen LogP) is 1.95. The lowest BCUT2D eigenvalue weighted by molar-refractivity contribution is 0.196. The summed E-state index contributed by atoms with van der Waals surface area (Å²) in [4.78, 5) is 4.24. The fourth-order valence-corrected chi connectivity index (χ4v) is 1.74. The summed E-state index contributed by atoms with van der Waals surface area (Å²) in [6, 6.07) is 5.60. The van der Waals surface area contributed by atoms with Crippen LogP contribution in [0.15, 0.2) is 23.2 Å². The van der Waals surface area contributed by atoms with Crippen LogP contribution >= 0.6 is 11.8 Å². The van der Waals surface area contributed by atoms with E-state index in [9.17, 15) is 5.11 Å². The van der Waals surface area contributed by atoms with Gasteiger partial charge in [0, 0.05) is 11.3 Å². The number of pyridine rings is 1. The van der Waals surface area contributed by atoms with Gasteiger partial charge >= 0.3 is 0 Å². The summed E-state index contributed by atoms with van der Waals surface area (Å²) in [6.45, 7) is 3.74. The second-order valence-electron chi connectivity index (χ2n) is 3.08. The minimum absolute atomic E-state index is 0.134. The molecule has 1 aromatic heterocycles. The van der Waals surface area contributed by atoms with Crippen LogP contribution in [0.25, 0.3) is 0 Å². The van der Waals surface area contributed by atoms with Crippen molar-refractivity contribution in [3.63, 3.8) is 0 Å². The number of ether oxygens (including phenoxy) is 1. The van der Waals surface area contributed by atoms with Crippen molar-refractivity contribution in [1.29, 1.82) is 0 Å². The van der Waals surface area contributed by atoms with Crippen molar-refractivity contribution in [2.24, 2.45) is 0 Å². The van der Waals surface area contributed by atoms with Gasteiger partial charge in [0.1, 0.15) is 5.03 Å². The summed E-state index contributed by atoms with van der Waals surface area (Å²) in [7, 11) is 1.59. The topological polar surface area (TPSA) is 42.4 Å². The number of rotatable bonds is 4. The standard InChI is InChI=1S/C10H15NO2S/c1-7(12)8(2)14-10-6-4-5-9(11-10)13-3/h4-8,12H,1-3H3. The summed E-state index contributed by atoms with van der Waals surface area (Å²) >= 11 is 1.54. The van der Waals surface area contributed by atoms with Crippen LogP contribution in [-0.4, -0.2) is 28.6 Å². The van der Waals surface area contributed by atoms with E-state index < -0.39 is 0 Å². The Balaban J connectivity index is 2.66. The molecule has 2 atom stereocenters. The molecular weight excluding hydrogens is 198 g/mol. The van der Waals surface area contributed by atoms with Crippen LogP contribution in [-0.2, 0) is 0 Å². The Morgan fingerprint density at radius 1 is 1.43 bits per heavy atom. The van der Waals surface area contributed by atoms with Crippen molar-refractivity contribution < 1.29 is 9.84 Å². The molecule has 0 aliphatic heterocycles. The summed E-state index contributed by atoms with van der Waals surface area (Å²) in [6.07, 6.45) is -0.340. The van der Waals surface area contributed by atoms with Crippen molar-refractivity contribution in [3.05, 3.63) is 18.2 Å². The van der Waals surface area contributed by atoms with Crippen LogP contribution in [0.5, 0.6) is 5.88 Å². The first kappa shape index (κ1) is 11.3. The zero-order valence-corrected chi connectivity index (χ0v) is 9.41. The molecule has 0 saturated heterocycles. The molecule has 0 saturated carbocycles. The lowest BCUT2D eigenvalue weighted by Crippen LogP contribution is -2.15. The molecule has 14 heavy (non-hydrogen) atoms. The van der Waals surface area contributed by atoms with E-state index in [4.69, 9.17) is 4.74 Å². The van der Waals surface area contributed by atoms with Gasteiger partial charge in [-0.25, -0.2) is 4.98 Å². The summed E-state index contributed by atoms with van der Waals surface area (Å²) in [5.74, 6) is 0.604. The summed E-state index contributed by atoms with van der Waals surface area (Å²) in [5, 5.41) is 10.3. The minimum atomic E-state index is -0.340. The maximum atomic E-state index is 9.33. The normalized spacial score (nSPS) is 14.9. The highest BCUT2D eigenvalue weighted by atomic mass is 32.2. The van der Waals surface area contributed by atoms with Crippen LogP contribution in [0.4, 0.5) is 0 Å². The zero-order chi connectivity index (χ0) is 10.6.